The molecule has 0 aliphatic carbocycles. The molecule has 0 unspecified atom stereocenters. The van der Waals surface area contributed by atoms with Gasteiger partial charge in [0.05, 0.1) is 24.1 Å². The average Bonchev–Trinajstić information content (AvgIpc) is 2.71. The van der Waals surface area contributed by atoms with Crippen LogP contribution < -0.4 is 5.73 Å². The predicted octanol–water partition coefficient (Wildman–Crippen LogP) is 1.88. The summed E-state index contributed by atoms with van der Waals surface area (Å²) in [5.74, 6) is 0. The van der Waals surface area contributed by atoms with Gasteiger partial charge in [-0.1, -0.05) is 6.07 Å². The molecule has 2 N–H and O–H groups in total. The number of aromatic nitrogens is 2. The molecule has 13 heavy (non-hydrogen) atoms. The molecule has 0 saturated heterocycles. The van der Waals surface area contributed by atoms with Crippen LogP contribution in [0.1, 0.15) is 10.6 Å². The quantitative estimate of drug-likeness (QED) is 0.791. The van der Waals surface area contributed by atoms with E-state index in [1.165, 1.54) is 4.88 Å². The summed E-state index contributed by atoms with van der Waals surface area (Å²) in [6.45, 7) is 2.80. The molecule has 2 heterocycles. The zero-order chi connectivity index (χ0) is 9.26. The van der Waals surface area contributed by atoms with Gasteiger partial charge in [0.1, 0.15) is 0 Å². The van der Waals surface area contributed by atoms with Gasteiger partial charge in [0.15, 0.2) is 0 Å². The molecule has 0 spiro atoms. The van der Waals surface area contributed by atoms with E-state index in [4.69, 9.17) is 5.73 Å². The number of hydrogen-bond acceptors (Lipinski definition) is 3. The number of rotatable bonds is 2. The molecule has 0 radical (unpaired) electrons. The van der Waals surface area contributed by atoms with E-state index in [-0.39, 0.29) is 0 Å². The first-order chi connectivity index (χ1) is 6.27. The molecule has 0 fully saturated rings. The second-order valence-electron chi connectivity index (χ2n) is 2.92. The van der Waals surface area contributed by atoms with Crippen LogP contribution in [-0.2, 0) is 6.54 Å². The Kier molecular flexibility index (Phi) is 2.06. The highest BCUT2D eigenvalue weighted by Gasteiger charge is 2.03. The number of anilines is 1. The van der Waals surface area contributed by atoms with Crippen molar-refractivity contribution in [3.8, 4) is 0 Å². The molecule has 0 aliphatic heterocycles. The van der Waals surface area contributed by atoms with Crippen LogP contribution in [0.15, 0.2) is 23.7 Å². The summed E-state index contributed by atoms with van der Waals surface area (Å²) in [5.41, 5.74) is 7.49. The van der Waals surface area contributed by atoms with Crippen LogP contribution in [0.25, 0.3) is 0 Å². The van der Waals surface area contributed by atoms with Gasteiger partial charge in [-0.3, -0.25) is 4.68 Å². The Hall–Kier alpha value is -1.29. The molecule has 0 saturated carbocycles. The van der Waals surface area contributed by atoms with E-state index in [2.05, 4.69) is 16.5 Å². The topological polar surface area (TPSA) is 43.8 Å². The standard InChI is InChI=1S/C9H11N3S/c1-7-9(10)5-11-12(7)6-8-3-2-4-13-8/h2-5H,6,10H2,1H3. The van der Waals surface area contributed by atoms with E-state index in [1.807, 2.05) is 17.7 Å². The van der Waals surface area contributed by atoms with Crippen LogP contribution >= 0.6 is 11.3 Å². The lowest BCUT2D eigenvalue weighted by Crippen LogP contribution is -2.02. The first kappa shape index (κ1) is 8.31. The molecule has 0 aromatic carbocycles. The van der Waals surface area contributed by atoms with Gasteiger partial charge in [-0.05, 0) is 18.4 Å². The Labute approximate surface area is 80.8 Å². The fourth-order valence-corrected chi connectivity index (χ4v) is 1.86. The van der Waals surface area contributed by atoms with Crippen LogP contribution in [0.3, 0.4) is 0 Å². The summed E-state index contributed by atoms with van der Waals surface area (Å²) in [6, 6.07) is 4.14. The molecule has 0 atom stereocenters. The fourth-order valence-electron chi connectivity index (χ4n) is 1.17. The number of hydrogen-bond donors (Lipinski definition) is 1. The Morgan fingerprint density at radius 1 is 1.62 bits per heavy atom. The van der Waals surface area contributed by atoms with Crippen molar-refractivity contribution in [2.24, 2.45) is 0 Å². The Morgan fingerprint density at radius 3 is 3.00 bits per heavy atom. The summed E-state index contributed by atoms with van der Waals surface area (Å²) in [7, 11) is 0. The number of nitrogen functional groups attached to an aromatic ring is 1. The number of thiophene rings is 1. The van der Waals surface area contributed by atoms with Crippen molar-refractivity contribution in [2.75, 3.05) is 5.73 Å². The largest absolute Gasteiger partial charge is 0.396 e. The van der Waals surface area contributed by atoms with E-state index in [0.717, 1.165) is 17.9 Å². The van der Waals surface area contributed by atoms with Gasteiger partial charge < -0.3 is 5.73 Å². The Balaban J connectivity index is 2.24. The molecule has 0 aliphatic rings. The number of nitrogens with two attached hydrogens (primary N) is 1. The molecular weight excluding hydrogens is 182 g/mol. The molecule has 4 heteroatoms. The van der Waals surface area contributed by atoms with E-state index < -0.39 is 0 Å². The zero-order valence-corrected chi connectivity index (χ0v) is 8.21. The van der Waals surface area contributed by atoms with Crippen molar-refractivity contribution in [3.63, 3.8) is 0 Å². The molecule has 3 nitrogen and oxygen atoms in total. The van der Waals surface area contributed by atoms with Crippen LogP contribution in [0.4, 0.5) is 5.69 Å². The van der Waals surface area contributed by atoms with Crippen molar-refractivity contribution in [1.82, 2.24) is 9.78 Å². The van der Waals surface area contributed by atoms with Gasteiger partial charge in [0.2, 0.25) is 0 Å². The Bertz CT molecular complexity index is 389. The van der Waals surface area contributed by atoms with Crippen molar-refractivity contribution in [1.29, 1.82) is 0 Å². The van der Waals surface area contributed by atoms with Crippen molar-refractivity contribution in [3.05, 3.63) is 34.3 Å². The molecule has 68 valence electrons. The highest BCUT2D eigenvalue weighted by atomic mass is 32.1. The second-order valence-corrected chi connectivity index (χ2v) is 3.95. The lowest BCUT2D eigenvalue weighted by molar-refractivity contribution is 0.673. The summed E-state index contributed by atoms with van der Waals surface area (Å²) in [5, 5.41) is 6.26. The molecule has 2 aromatic heterocycles. The summed E-state index contributed by atoms with van der Waals surface area (Å²) in [4.78, 5) is 1.30. The monoisotopic (exact) mass is 193 g/mol. The number of nitrogens with zero attached hydrogens (tertiary/aromatic N) is 2. The molecule has 0 bridgehead atoms. The van der Waals surface area contributed by atoms with Gasteiger partial charge in [-0.15, -0.1) is 11.3 Å². The highest BCUT2D eigenvalue weighted by Crippen LogP contribution is 2.14. The van der Waals surface area contributed by atoms with Crippen molar-refractivity contribution < 1.29 is 0 Å². The lowest BCUT2D eigenvalue weighted by atomic mass is 10.4. The first-order valence-corrected chi connectivity index (χ1v) is 4.95. The summed E-state index contributed by atoms with van der Waals surface area (Å²) in [6.07, 6.45) is 1.70. The average molecular weight is 193 g/mol. The summed E-state index contributed by atoms with van der Waals surface area (Å²) >= 11 is 1.73. The van der Waals surface area contributed by atoms with E-state index >= 15 is 0 Å². The van der Waals surface area contributed by atoms with E-state index in [0.29, 0.717) is 0 Å². The SMILES string of the molecule is Cc1c(N)cnn1Cc1cccs1. The minimum Gasteiger partial charge on any atom is -0.396 e. The smallest absolute Gasteiger partial charge is 0.0756 e. The van der Waals surface area contributed by atoms with Crippen LogP contribution in [-0.4, -0.2) is 9.78 Å². The molecule has 0 amide bonds. The van der Waals surface area contributed by atoms with Gasteiger partial charge in [0, 0.05) is 4.88 Å². The van der Waals surface area contributed by atoms with Gasteiger partial charge >= 0.3 is 0 Å². The molecule has 2 rings (SSSR count). The first-order valence-electron chi connectivity index (χ1n) is 4.07. The zero-order valence-electron chi connectivity index (χ0n) is 7.40. The third kappa shape index (κ3) is 1.58. The minimum atomic E-state index is 0.761. The third-order valence-electron chi connectivity index (χ3n) is 2.03. The molecule has 2 aromatic rings. The lowest BCUT2D eigenvalue weighted by Gasteiger charge is -2.01. The fraction of sp³-hybridized carbons (Fsp3) is 0.222. The molecular formula is C9H11N3S. The van der Waals surface area contributed by atoms with E-state index in [9.17, 15) is 0 Å². The maximum absolute atomic E-state index is 5.69. The van der Waals surface area contributed by atoms with E-state index in [1.54, 1.807) is 17.5 Å². The maximum atomic E-state index is 5.69. The van der Waals surface area contributed by atoms with Crippen LogP contribution in [0, 0.1) is 6.92 Å². The van der Waals surface area contributed by atoms with Crippen molar-refractivity contribution >= 4 is 17.0 Å². The van der Waals surface area contributed by atoms with Crippen LogP contribution in [0.5, 0.6) is 0 Å². The normalized spacial score (nSPS) is 10.5. The predicted molar refractivity (Wildman–Crippen MR) is 54.8 cm³/mol. The van der Waals surface area contributed by atoms with Crippen molar-refractivity contribution in [2.45, 2.75) is 13.5 Å². The third-order valence-corrected chi connectivity index (χ3v) is 2.89. The minimum absolute atomic E-state index is 0.761. The van der Waals surface area contributed by atoms with Gasteiger partial charge in [0.25, 0.3) is 0 Å². The Morgan fingerprint density at radius 2 is 2.46 bits per heavy atom. The van der Waals surface area contributed by atoms with Gasteiger partial charge in [-0.25, -0.2) is 0 Å². The second kappa shape index (κ2) is 3.22. The maximum Gasteiger partial charge on any atom is 0.0756 e. The van der Waals surface area contributed by atoms with Gasteiger partial charge in [-0.2, -0.15) is 5.10 Å². The summed E-state index contributed by atoms with van der Waals surface area (Å²) < 4.78 is 1.92. The van der Waals surface area contributed by atoms with Crippen LogP contribution in [0.2, 0.25) is 0 Å². The highest BCUT2D eigenvalue weighted by molar-refractivity contribution is 7.09.